The molecular weight excluding hydrogens is 364 g/mol. The van der Waals surface area contributed by atoms with Crippen LogP contribution in [0.15, 0.2) is 59.9 Å². The van der Waals surface area contributed by atoms with E-state index in [4.69, 9.17) is 0 Å². The number of nitrogens with one attached hydrogen (secondary N) is 1. The Hall–Kier alpha value is -3.35. The number of aliphatic imine (C=N–C) groups is 1. The van der Waals surface area contributed by atoms with Crippen molar-refractivity contribution in [1.82, 2.24) is 24.6 Å². The van der Waals surface area contributed by atoms with Crippen molar-refractivity contribution < 1.29 is 4.79 Å². The van der Waals surface area contributed by atoms with Crippen LogP contribution in [-0.2, 0) is 7.05 Å². The maximum atomic E-state index is 12.7. The number of hydrogen-bond donors (Lipinski definition) is 1. The fourth-order valence-electron chi connectivity index (χ4n) is 3.84. The molecular formula is C22H26N6O. The molecule has 7 nitrogen and oxygen atoms in total. The Morgan fingerprint density at radius 3 is 2.72 bits per heavy atom. The number of carbonyl (C=O) groups is 1. The summed E-state index contributed by atoms with van der Waals surface area (Å²) in [5, 5.41) is 7.59. The summed E-state index contributed by atoms with van der Waals surface area (Å²) in [6.07, 6.45) is 4.73. The quantitative estimate of drug-likeness (QED) is 0.549. The lowest BCUT2D eigenvalue weighted by Gasteiger charge is -2.21. The number of benzene rings is 1. The van der Waals surface area contributed by atoms with Crippen LogP contribution in [0.1, 0.15) is 28.2 Å². The van der Waals surface area contributed by atoms with Gasteiger partial charge in [-0.25, -0.2) is 4.68 Å². The summed E-state index contributed by atoms with van der Waals surface area (Å²) in [5.74, 6) is 0.816. The van der Waals surface area contributed by atoms with Crippen LogP contribution in [0.4, 0.5) is 0 Å². The van der Waals surface area contributed by atoms with Crippen molar-refractivity contribution in [3.8, 4) is 5.69 Å². The van der Waals surface area contributed by atoms with Gasteiger partial charge in [0.05, 0.1) is 11.4 Å². The molecule has 0 spiro atoms. The number of nitrogens with zero attached hydrogens (tertiary/aromatic N) is 5. The first-order chi connectivity index (χ1) is 14.1. The van der Waals surface area contributed by atoms with Gasteiger partial charge in [-0.15, -0.1) is 0 Å². The Morgan fingerprint density at radius 1 is 1.17 bits per heavy atom. The average molecular weight is 390 g/mol. The molecule has 0 unspecified atom stereocenters. The molecule has 0 saturated carbocycles. The molecule has 1 amide bonds. The molecule has 1 aromatic carbocycles. The molecule has 150 valence electrons. The maximum absolute atomic E-state index is 12.7. The molecule has 4 rings (SSSR count). The van der Waals surface area contributed by atoms with E-state index in [1.54, 1.807) is 10.7 Å². The summed E-state index contributed by atoms with van der Waals surface area (Å²) in [5.41, 5.74) is 3.60. The van der Waals surface area contributed by atoms with Gasteiger partial charge in [0, 0.05) is 45.6 Å². The second-order valence-electron chi connectivity index (χ2n) is 7.39. The third kappa shape index (κ3) is 3.81. The van der Waals surface area contributed by atoms with Gasteiger partial charge in [-0.2, -0.15) is 5.10 Å². The van der Waals surface area contributed by atoms with Crippen LogP contribution in [0, 0.1) is 6.92 Å². The molecule has 1 fully saturated rings. The van der Waals surface area contributed by atoms with Gasteiger partial charge in [-0.3, -0.25) is 9.79 Å². The number of aryl methyl sites for hydroxylation is 2. The predicted octanol–water partition coefficient (Wildman–Crippen LogP) is 2.40. The molecule has 0 bridgehead atoms. The van der Waals surface area contributed by atoms with E-state index >= 15 is 0 Å². The molecule has 0 aliphatic carbocycles. The summed E-state index contributed by atoms with van der Waals surface area (Å²) in [4.78, 5) is 19.4. The minimum Gasteiger partial charge on any atom is -0.353 e. The van der Waals surface area contributed by atoms with E-state index in [2.05, 4.69) is 30.9 Å². The largest absolute Gasteiger partial charge is 0.353 e. The van der Waals surface area contributed by atoms with E-state index in [9.17, 15) is 4.79 Å². The molecule has 1 atom stereocenters. The van der Waals surface area contributed by atoms with Crippen molar-refractivity contribution in [2.75, 3.05) is 20.1 Å². The highest BCUT2D eigenvalue weighted by molar-refractivity contribution is 5.98. The number of amidine groups is 1. The van der Waals surface area contributed by atoms with Crippen molar-refractivity contribution >= 4 is 11.7 Å². The van der Waals surface area contributed by atoms with Crippen LogP contribution in [-0.4, -0.2) is 57.2 Å². The number of hydrogen-bond acceptors (Lipinski definition) is 3. The Morgan fingerprint density at radius 2 is 2.00 bits per heavy atom. The van der Waals surface area contributed by atoms with Gasteiger partial charge in [0.2, 0.25) is 0 Å². The molecule has 1 aliphatic rings. The SMILES string of the molecule is C/N=C(\c1cccn1C)N1CC[C@H](NC(=O)c2ccn(-c3ccccc3C)n2)C1. The second kappa shape index (κ2) is 7.95. The van der Waals surface area contributed by atoms with Gasteiger partial charge in [-0.1, -0.05) is 18.2 Å². The summed E-state index contributed by atoms with van der Waals surface area (Å²) in [6, 6.07) is 13.9. The van der Waals surface area contributed by atoms with Crippen molar-refractivity contribution in [2.45, 2.75) is 19.4 Å². The highest BCUT2D eigenvalue weighted by Crippen LogP contribution is 2.16. The Labute approximate surface area is 170 Å². The smallest absolute Gasteiger partial charge is 0.272 e. The average Bonchev–Trinajstić information content (AvgIpc) is 3.45. The molecule has 3 aromatic rings. The van der Waals surface area contributed by atoms with E-state index in [0.29, 0.717) is 5.69 Å². The third-order valence-corrected chi connectivity index (χ3v) is 5.39. The molecule has 1 saturated heterocycles. The lowest BCUT2D eigenvalue weighted by atomic mass is 10.2. The molecule has 0 radical (unpaired) electrons. The first-order valence-electron chi connectivity index (χ1n) is 9.83. The summed E-state index contributed by atoms with van der Waals surface area (Å²) in [6.45, 7) is 3.63. The van der Waals surface area contributed by atoms with E-state index in [1.165, 1.54) is 0 Å². The number of amides is 1. The Balaban J connectivity index is 1.41. The topological polar surface area (TPSA) is 67.5 Å². The van der Waals surface area contributed by atoms with Crippen molar-refractivity contribution in [2.24, 2.45) is 12.0 Å². The van der Waals surface area contributed by atoms with Gasteiger partial charge in [-0.05, 0) is 43.2 Å². The number of aromatic nitrogens is 3. The number of para-hydroxylation sites is 1. The third-order valence-electron chi connectivity index (χ3n) is 5.39. The molecule has 1 N–H and O–H groups in total. The predicted molar refractivity (Wildman–Crippen MR) is 114 cm³/mol. The highest BCUT2D eigenvalue weighted by Gasteiger charge is 2.28. The van der Waals surface area contributed by atoms with Gasteiger partial charge in [0.25, 0.3) is 5.91 Å². The molecule has 1 aliphatic heterocycles. The van der Waals surface area contributed by atoms with Gasteiger partial charge >= 0.3 is 0 Å². The molecule has 2 aromatic heterocycles. The standard InChI is InChI=1S/C22H26N6O/c1-16-7-4-5-8-19(16)28-14-11-18(25-28)22(29)24-17-10-13-27(15-17)21(23-2)20-9-6-12-26(20)3/h4-9,11-12,14,17H,10,13,15H2,1-3H3,(H,24,29)/b23-21+/t17-/m0/s1. The van der Waals surface area contributed by atoms with Crippen LogP contribution in [0.25, 0.3) is 5.69 Å². The molecule has 29 heavy (non-hydrogen) atoms. The van der Waals surface area contributed by atoms with Crippen LogP contribution < -0.4 is 5.32 Å². The van der Waals surface area contributed by atoms with Crippen LogP contribution >= 0.6 is 0 Å². The van der Waals surface area contributed by atoms with Gasteiger partial charge < -0.3 is 14.8 Å². The maximum Gasteiger partial charge on any atom is 0.272 e. The zero-order chi connectivity index (χ0) is 20.4. The highest BCUT2D eigenvalue weighted by atomic mass is 16.2. The Kier molecular flexibility index (Phi) is 5.20. The van der Waals surface area contributed by atoms with E-state index in [1.807, 2.05) is 63.7 Å². The number of likely N-dealkylation sites (tertiary alicyclic amines) is 1. The molecule has 3 heterocycles. The first kappa shape index (κ1) is 19.0. The lowest BCUT2D eigenvalue weighted by Crippen LogP contribution is -2.39. The van der Waals surface area contributed by atoms with Crippen molar-refractivity contribution in [3.05, 3.63) is 71.8 Å². The monoisotopic (exact) mass is 390 g/mol. The zero-order valence-electron chi connectivity index (χ0n) is 17.0. The Bertz CT molecular complexity index is 1050. The number of rotatable bonds is 4. The van der Waals surface area contributed by atoms with Crippen LogP contribution in [0.5, 0.6) is 0 Å². The minimum absolute atomic E-state index is 0.0723. The molecule has 7 heteroatoms. The van der Waals surface area contributed by atoms with E-state index in [0.717, 1.165) is 42.3 Å². The van der Waals surface area contributed by atoms with Gasteiger partial charge in [0.1, 0.15) is 5.84 Å². The van der Waals surface area contributed by atoms with Crippen LogP contribution in [0.3, 0.4) is 0 Å². The second-order valence-corrected chi connectivity index (χ2v) is 7.39. The fraction of sp³-hybridized carbons (Fsp3) is 0.318. The fourth-order valence-corrected chi connectivity index (χ4v) is 3.84. The van der Waals surface area contributed by atoms with Crippen LogP contribution in [0.2, 0.25) is 0 Å². The van der Waals surface area contributed by atoms with Crippen molar-refractivity contribution in [3.63, 3.8) is 0 Å². The minimum atomic E-state index is -0.141. The first-order valence-corrected chi connectivity index (χ1v) is 9.83. The zero-order valence-corrected chi connectivity index (χ0v) is 17.0. The summed E-state index contributed by atoms with van der Waals surface area (Å²) >= 11 is 0. The lowest BCUT2D eigenvalue weighted by molar-refractivity contribution is 0.0933. The van der Waals surface area contributed by atoms with Gasteiger partial charge in [0.15, 0.2) is 5.69 Å². The van der Waals surface area contributed by atoms with E-state index < -0.39 is 0 Å². The number of carbonyl (C=O) groups excluding carboxylic acids is 1. The summed E-state index contributed by atoms with van der Waals surface area (Å²) in [7, 11) is 3.83. The van der Waals surface area contributed by atoms with E-state index in [-0.39, 0.29) is 11.9 Å². The normalized spacial score (nSPS) is 17.0. The van der Waals surface area contributed by atoms with Crippen molar-refractivity contribution in [1.29, 1.82) is 0 Å². The summed E-state index contributed by atoms with van der Waals surface area (Å²) < 4.78 is 3.81.